The molecule has 0 fully saturated rings. The highest BCUT2D eigenvalue weighted by Gasteiger charge is 2.29. The SMILES string of the molecule is Cc1c(C(C)(C)C)sc(=NS(=O)(=O)c2ccccc2)n1Cc1cccc(SC(F)(F)F)c1. The molecule has 0 aliphatic rings. The van der Waals surface area contributed by atoms with Gasteiger partial charge < -0.3 is 4.57 Å². The summed E-state index contributed by atoms with van der Waals surface area (Å²) in [5.41, 5.74) is -3.18. The predicted octanol–water partition coefficient (Wildman–Crippen LogP) is 6.11. The van der Waals surface area contributed by atoms with E-state index < -0.39 is 15.5 Å². The minimum atomic E-state index is -4.38. The lowest BCUT2D eigenvalue weighted by molar-refractivity contribution is -0.0328. The average molecular weight is 501 g/mol. The van der Waals surface area contributed by atoms with E-state index in [9.17, 15) is 21.6 Å². The molecule has 0 N–H and O–H groups in total. The summed E-state index contributed by atoms with van der Waals surface area (Å²) in [5, 5.41) is 0. The van der Waals surface area contributed by atoms with Gasteiger partial charge in [0.05, 0.1) is 11.4 Å². The van der Waals surface area contributed by atoms with E-state index in [0.717, 1.165) is 10.6 Å². The molecule has 0 aliphatic carbocycles. The zero-order chi connectivity index (χ0) is 23.7. The second-order valence-electron chi connectivity index (χ2n) is 8.21. The Labute approximate surface area is 193 Å². The molecule has 0 bridgehead atoms. The molecule has 1 heterocycles. The molecular weight excluding hydrogens is 477 g/mol. The molecular formula is C22H23F3N2O2S3. The van der Waals surface area contributed by atoms with Crippen molar-refractivity contribution >= 4 is 33.1 Å². The second-order valence-corrected chi connectivity index (χ2v) is 11.9. The number of hydrogen-bond acceptors (Lipinski definition) is 4. The minimum Gasteiger partial charge on any atom is -0.316 e. The van der Waals surface area contributed by atoms with Gasteiger partial charge in [0, 0.05) is 15.5 Å². The van der Waals surface area contributed by atoms with Gasteiger partial charge in [-0.1, -0.05) is 51.1 Å². The lowest BCUT2D eigenvalue weighted by Crippen LogP contribution is -2.19. The van der Waals surface area contributed by atoms with Crippen molar-refractivity contribution in [3.8, 4) is 0 Å². The van der Waals surface area contributed by atoms with Crippen LogP contribution in [0.2, 0.25) is 0 Å². The van der Waals surface area contributed by atoms with Crippen molar-refractivity contribution in [3.63, 3.8) is 0 Å². The average Bonchev–Trinajstić information content (AvgIpc) is 2.97. The molecule has 0 saturated heterocycles. The number of aromatic nitrogens is 1. The Bertz CT molecular complexity index is 1270. The molecule has 32 heavy (non-hydrogen) atoms. The van der Waals surface area contributed by atoms with Crippen LogP contribution in [0.1, 0.15) is 36.9 Å². The van der Waals surface area contributed by atoms with Gasteiger partial charge in [0.15, 0.2) is 0 Å². The highest BCUT2D eigenvalue weighted by Crippen LogP contribution is 2.37. The van der Waals surface area contributed by atoms with Gasteiger partial charge in [-0.3, -0.25) is 0 Å². The number of thiazole rings is 1. The number of sulfonamides is 1. The smallest absolute Gasteiger partial charge is 0.316 e. The quantitative estimate of drug-likeness (QED) is 0.398. The summed E-state index contributed by atoms with van der Waals surface area (Å²) in [7, 11) is -3.95. The molecule has 0 saturated carbocycles. The number of nitrogens with zero attached hydrogens (tertiary/aromatic N) is 2. The summed E-state index contributed by atoms with van der Waals surface area (Å²) in [6.07, 6.45) is 0. The molecule has 3 aromatic rings. The molecule has 0 amide bonds. The number of rotatable bonds is 5. The summed E-state index contributed by atoms with van der Waals surface area (Å²) in [5.74, 6) is 0. The van der Waals surface area contributed by atoms with Gasteiger partial charge in [-0.25, -0.2) is 0 Å². The van der Waals surface area contributed by atoms with Gasteiger partial charge in [-0.15, -0.1) is 15.7 Å². The Morgan fingerprint density at radius 3 is 2.28 bits per heavy atom. The molecule has 0 atom stereocenters. The largest absolute Gasteiger partial charge is 0.446 e. The van der Waals surface area contributed by atoms with Gasteiger partial charge in [0.25, 0.3) is 10.0 Å². The number of hydrogen-bond donors (Lipinski definition) is 0. The van der Waals surface area contributed by atoms with E-state index in [1.807, 2.05) is 27.7 Å². The van der Waals surface area contributed by atoms with Crippen LogP contribution in [0.4, 0.5) is 13.2 Å². The highest BCUT2D eigenvalue weighted by atomic mass is 32.2. The maximum absolute atomic E-state index is 12.9. The van der Waals surface area contributed by atoms with Crippen molar-refractivity contribution in [1.82, 2.24) is 4.57 Å². The minimum absolute atomic E-state index is 0.0786. The van der Waals surface area contributed by atoms with E-state index in [1.165, 1.54) is 35.6 Å². The van der Waals surface area contributed by atoms with Crippen LogP contribution in [-0.4, -0.2) is 18.5 Å². The maximum atomic E-state index is 12.9. The summed E-state index contributed by atoms with van der Waals surface area (Å²) >= 11 is 1.10. The lowest BCUT2D eigenvalue weighted by atomic mass is 9.93. The summed E-state index contributed by atoms with van der Waals surface area (Å²) in [6, 6.07) is 14.1. The molecule has 0 aliphatic heterocycles. The fourth-order valence-electron chi connectivity index (χ4n) is 3.21. The first-order chi connectivity index (χ1) is 14.8. The highest BCUT2D eigenvalue weighted by molar-refractivity contribution is 8.00. The van der Waals surface area contributed by atoms with Crippen molar-refractivity contribution in [2.45, 2.75) is 55.0 Å². The predicted molar refractivity (Wildman–Crippen MR) is 122 cm³/mol. The van der Waals surface area contributed by atoms with Crippen molar-refractivity contribution < 1.29 is 21.6 Å². The van der Waals surface area contributed by atoms with E-state index in [0.29, 0.717) is 5.56 Å². The number of benzene rings is 2. The molecule has 0 unspecified atom stereocenters. The summed E-state index contributed by atoms with van der Waals surface area (Å²) in [4.78, 5) is 1.40. The van der Waals surface area contributed by atoms with Crippen LogP contribution >= 0.6 is 23.1 Å². The first-order valence-corrected chi connectivity index (χ1v) is 12.7. The van der Waals surface area contributed by atoms with Crippen LogP contribution in [0.15, 0.2) is 68.8 Å². The van der Waals surface area contributed by atoms with Gasteiger partial charge in [0.1, 0.15) is 0 Å². The van der Waals surface area contributed by atoms with Gasteiger partial charge in [-0.2, -0.15) is 21.6 Å². The van der Waals surface area contributed by atoms with Gasteiger partial charge in [0.2, 0.25) is 4.80 Å². The third-order valence-corrected chi connectivity index (χ3v) is 8.27. The molecule has 172 valence electrons. The molecule has 0 radical (unpaired) electrons. The zero-order valence-corrected chi connectivity index (χ0v) is 20.4. The van der Waals surface area contributed by atoms with E-state index >= 15 is 0 Å². The number of alkyl halides is 3. The lowest BCUT2D eigenvalue weighted by Gasteiger charge is -2.18. The van der Waals surface area contributed by atoms with Crippen LogP contribution in [0, 0.1) is 6.92 Å². The standard InChI is InChI=1S/C22H23F3N2O2S3/c1-15-19(21(2,3)4)30-20(26-32(28,29)18-11-6-5-7-12-18)27(15)14-16-9-8-10-17(13-16)31-22(23,24)25/h5-13H,14H2,1-4H3. The summed E-state index contributed by atoms with van der Waals surface area (Å²) < 4.78 is 70.0. The van der Waals surface area contributed by atoms with Crippen LogP contribution in [0.5, 0.6) is 0 Å². The first kappa shape index (κ1) is 24.6. The Hall–Kier alpha value is -2.04. The van der Waals surface area contributed by atoms with E-state index in [-0.39, 0.29) is 38.3 Å². The summed E-state index contributed by atoms with van der Waals surface area (Å²) in [6.45, 7) is 8.14. The van der Waals surface area contributed by atoms with Gasteiger partial charge in [-0.05, 0) is 53.9 Å². The molecule has 2 aromatic carbocycles. The number of halogens is 3. The molecule has 4 nitrogen and oxygen atoms in total. The fraction of sp³-hybridized carbons (Fsp3) is 0.318. The van der Waals surface area contributed by atoms with Crippen LogP contribution < -0.4 is 4.80 Å². The second kappa shape index (κ2) is 9.07. The van der Waals surface area contributed by atoms with Gasteiger partial charge >= 0.3 is 5.51 Å². The Kier molecular flexibility index (Phi) is 6.97. The molecule has 3 rings (SSSR count). The fourth-order valence-corrected chi connectivity index (χ4v) is 6.24. The van der Waals surface area contributed by atoms with E-state index in [2.05, 4.69) is 4.40 Å². The van der Waals surface area contributed by atoms with Crippen molar-refractivity contribution in [2.75, 3.05) is 0 Å². The Balaban J connectivity index is 2.12. The third kappa shape index (κ3) is 6.05. The van der Waals surface area contributed by atoms with Crippen LogP contribution in [-0.2, 0) is 22.0 Å². The number of thioether (sulfide) groups is 1. The maximum Gasteiger partial charge on any atom is 0.446 e. The van der Waals surface area contributed by atoms with Crippen LogP contribution in [0.3, 0.4) is 0 Å². The Morgan fingerprint density at radius 2 is 1.69 bits per heavy atom. The van der Waals surface area contributed by atoms with Crippen molar-refractivity contribution in [3.05, 3.63) is 75.5 Å². The third-order valence-electron chi connectivity index (χ3n) is 4.55. The monoisotopic (exact) mass is 500 g/mol. The van der Waals surface area contributed by atoms with Crippen LogP contribution in [0.25, 0.3) is 0 Å². The van der Waals surface area contributed by atoms with Crippen molar-refractivity contribution in [2.24, 2.45) is 4.40 Å². The van der Waals surface area contributed by atoms with E-state index in [1.54, 1.807) is 34.9 Å². The normalized spacial score (nSPS) is 13.5. The first-order valence-electron chi connectivity index (χ1n) is 9.68. The molecule has 1 aromatic heterocycles. The topological polar surface area (TPSA) is 51.4 Å². The van der Waals surface area contributed by atoms with Crippen molar-refractivity contribution in [1.29, 1.82) is 0 Å². The zero-order valence-electron chi connectivity index (χ0n) is 18.0. The van der Waals surface area contributed by atoms with E-state index in [4.69, 9.17) is 0 Å². The molecule has 0 spiro atoms. The Morgan fingerprint density at radius 1 is 1.03 bits per heavy atom. The molecule has 10 heteroatoms.